The molecule has 3 rings (SSSR count). The van der Waals surface area contributed by atoms with E-state index in [0.717, 1.165) is 63.6 Å². The van der Waals surface area contributed by atoms with Crippen LogP contribution in [0.4, 0.5) is 0 Å². The number of hydrogen-bond acceptors (Lipinski definition) is 4. The summed E-state index contributed by atoms with van der Waals surface area (Å²) in [6, 6.07) is 3.95. The molecule has 2 fully saturated rings. The van der Waals surface area contributed by atoms with Gasteiger partial charge in [-0.2, -0.15) is 0 Å². The maximum Gasteiger partial charge on any atom is 0.222 e. The Morgan fingerprint density at radius 3 is 3.03 bits per heavy atom. The van der Waals surface area contributed by atoms with E-state index in [4.69, 9.17) is 4.74 Å². The van der Waals surface area contributed by atoms with Crippen LogP contribution in [0.3, 0.4) is 0 Å². The minimum Gasteiger partial charge on any atom is -0.477 e. The van der Waals surface area contributed by atoms with Crippen molar-refractivity contribution in [2.75, 3.05) is 32.8 Å². The minimum absolute atomic E-state index is 0.306. The van der Waals surface area contributed by atoms with Crippen LogP contribution < -0.4 is 15.4 Å². The predicted molar refractivity (Wildman–Crippen MR) is 115 cm³/mol. The first kappa shape index (κ1) is 21.4. The third kappa shape index (κ3) is 7.91. The maximum absolute atomic E-state index is 12.1. The van der Waals surface area contributed by atoms with Gasteiger partial charge in [-0.1, -0.05) is 6.42 Å². The molecule has 1 amide bonds. The summed E-state index contributed by atoms with van der Waals surface area (Å²) in [5.74, 6) is 2.50. The maximum atomic E-state index is 12.1. The van der Waals surface area contributed by atoms with Gasteiger partial charge >= 0.3 is 0 Å². The van der Waals surface area contributed by atoms with Gasteiger partial charge in [0.25, 0.3) is 0 Å². The molecule has 1 aromatic heterocycles. The molecular weight excluding hydrogens is 366 g/mol. The van der Waals surface area contributed by atoms with Crippen molar-refractivity contribution in [2.24, 2.45) is 10.9 Å². The van der Waals surface area contributed by atoms with Crippen LogP contribution in [-0.2, 0) is 11.3 Å². The molecule has 1 aliphatic heterocycles. The summed E-state index contributed by atoms with van der Waals surface area (Å²) in [4.78, 5) is 23.0. The van der Waals surface area contributed by atoms with Crippen molar-refractivity contribution in [3.8, 4) is 5.88 Å². The molecule has 0 radical (unpaired) electrons. The van der Waals surface area contributed by atoms with Crippen molar-refractivity contribution in [2.45, 2.75) is 58.4 Å². The van der Waals surface area contributed by atoms with Gasteiger partial charge in [0.15, 0.2) is 5.96 Å². The fraction of sp³-hybridized carbons (Fsp3) is 0.682. The molecule has 2 aliphatic rings. The molecule has 0 spiro atoms. The molecule has 0 unspecified atom stereocenters. The molecule has 29 heavy (non-hydrogen) atoms. The summed E-state index contributed by atoms with van der Waals surface area (Å²) in [6.45, 7) is 6.72. The van der Waals surface area contributed by atoms with Gasteiger partial charge in [-0.05, 0) is 56.6 Å². The summed E-state index contributed by atoms with van der Waals surface area (Å²) in [7, 11) is 0. The lowest BCUT2D eigenvalue weighted by Gasteiger charge is -2.20. The molecule has 1 saturated heterocycles. The molecule has 7 nitrogen and oxygen atoms in total. The fourth-order valence-corrected chi connectivity index (χ4v) is 3.38. The molecule has 0 bridgehead atoms. The topological polar surface area (TPSA) is 78.9 Å². The van der Waals surface area contributed by atoms with Crippen molar-refractivity contribution in [1.29, 1.82) is 0 Å². The number of pyridine rings is 1. The van der Waals surface area contributed by atoms with Crippen LogP contribution in [0.25, 0.3) is 0 Å². The van der Waals surface area contributed by atoms with E-state index in [9.17, 15) is 4.79 Å². The van der Waals surface area contributed by atoms with Crippen molar-refractivity contribution in [3.63, 3.8) is 0 Å². The lowest BCUT2D eigenvalue weighted by Crippen LogP contribution is -2.39. The summed E-state index contributed by atoms with van der Waals surface area (Å²) in [6.07, 6.45) is 9.28. The Bertz CT molecular complexity index is 675. The standard InChI is InChI=1S/C22H35N5O2/c1-2-23-22(25-11-6-14-27-13-5-3-4-7-21(27)28)26-16-19-10-12-24-20(15-19)29-17-18-8-9-18/h10,12,15,18H,2-9,11,13-14,16-17H2,1H3,(H2,23,25,26). The minimum atomic E-state index is 0.306. The van der Waals surface area contributed by atoms with E-state index in [1.54, 1.807) is 6.20 Å². The first-order valence-corrected chi connectivity index (χ1v) is 11.1. The second kappa shape index (κ2) is 11.6. The predicted octanol–water partition coefficient (Wildman–Crippen LogP) is 2.72. The van der Waals surface area contributed by atoms with Crippen molar-refractivity contribution >= 4 is 11.9 Å². The van der Waals surface area contributed by atoms with Crippen LogP contribution in [0.15, 0.2) is 23.3 Å². The highest BCUT2D eigenvalue weighted by molar-refractivity contribution is 5.79. The lowest BCUT2D eigenvalue weighted by atomic mass is 10.2. The Hall–Kier alpha value is -2.31. The Kier molecular flexibility index (Phi) is 8.58. The average Bonchev–Trinajstić information content (AvgIpc) is 3.57. The summed E-state index contributed by atoms with van der Waals surface area (Å²) in [5, 5.41) is 6.66. The number of nitrogens with zero attached hydrogens (tertiary/aromatic N) is 3. The first-order valence-electron chi connectivity index (χ1n) is 11.1. The van der Waals surface area contributed by atoms with Gasteiger partial charge in [-0.15, -0.1) is 0 Å². The van der Waals surface area contributed by atoms with Gasteiger partial charge in [0.2, 0.25) is 11.8 Å². The van der Waals surface area contributed by atoms with Crippen LogP contribution in [0, 0.1) is 5.92 Å². The third-order valence-corrected chi connectivity index (χ3v) is 5.30. The number of ether oxygens (including phenoxy) is 1. The van der Waals surface area contributed by atoms with Crippen molar-refractivity contribution in [1.82, 2.24) is 20.5 Å². The van der Waals surface area contributed by atoms with Gasteiger partial charge < -0.3 is 20.3 Å². The second-order valence-electron chi connectivity index (χ2n) is 7.92. The van der Waals surface area contributed by atoms with Crippen LogP contribution in [0.5, 0.6) is 5.88 Å². The van der Waals surface area contributed by atoms with Crippen LogP contribution in [0.2, 0.25) is 0 Å². The summed E-state index contributed by atoms with van der Waals surface area (Å²) < 4.78 is 5.76. The van der Waals surface area contributed by atoms with Gasteiger partial charge in [0, 0.05) is 44.9 Å². The van der Waals surface area contributed by atoms with E-state index in [1.165, 1.54) is 19.3 Å². The highest BCUT2D eigenvalue weighted by atomic mass is 16.5. The van der Waals surface area contributed by atoms with Crippen LogP contribution >= 0.6 is 0 Å². The molecule has 0 atom stereocenters. The number of aromatic nitrogens is 1. The largest absolute Gasteiger partial charge is 0.477 e. The number of aliphatic imine (C=N–C) groups is 1. The molecule has 2 heterocycles. The van der Waals surface area contributed by atoms with E-state index < -0.39 is 0 Å². The number of nitrogens with one attached hydrogen (secondary N) is 2. The monoisotopic (exact) mass is 401 g/mol. The first-order chi connectivity index (χ1) is 14.2. The van der Waals surface area contributed by atoms with E-state index in [2.05, 4.69) is 27.5 Å². The fourth-order valence-electron chi connectivity index (χ4n) is 3.38. The summed E-state index contributed by atoms with van der Waals surface area (Å²) >= 11 is 0. The average molecular weight is 402 g/mol. The van der Waals surface area contributed by atoms with E-state index in [0.29, 0.717) is 30.7 Å². The molecular formula is C22H35N5O2. The Labute approximate surface area is 174 Å². The Morgan fingerprint density at radius 1 is 1.31 bits per heavy atom. The van der Waals surface area contributed by atoms with Gasteiger partial charge in [0.1, 0.15) is 0 Å². The zero-order valence-electron chi connectivity index (χ0n) is 17.7. The normalized spacial score (nSPS) is 17.8. The van der Waals surface area contributed by atoms with Crippen LogP contribution in [-0.4, -0.2) is 54.5 Å². The van der Waals surface area contributed by atoms with Crippen LogP contribution in [0.1, 0.15) is 57.4 Å². The molecule has 160 valence electrons. The third-order valence-electron chi connectivity index (χ3n) is 5.30. The second-order valence-corrected chi connectivity index (χ2v) is 7.92. The number of amides is 1. The molecule has 1 aliphatic carbocycles. The van der Waals surface area contributed by atoms with E-state index in [1.807, 2.05) is 17.0 Å². The van der Waals surface area contributed by atoms with Crippen molar-refractivity contribution in [3.05, 3.63) is 23.9 Å². The van der Waals surface area contributed by atoms with Gasteiger partial charge in [-0.3, -0.25) is 4.79 Å². The number of carbonyl (C=O) groups is 1. The lowest BCUT2D eigenvalue weighted by molar-refractivity contribution is -0.130. The SMILES string of the molecule is CCNC(=NCc1ccnc(OCC2CC2)c1)NCCCN1CCCCCC1=O. The van der Waals surface area contributed by atoms with Gasteiger partial charge in [0.05, 0.1) is 13.2 Å². The highest BCUT2D eigenvalue weighted by Gasteiger charge is 2.22. The molecule has 1 aromatic rings. The quantitative estimate of drug-likeness (QED) is 0.358. The highest BCUT2D eigenvalue weighted by Crippen LogP contribution is 2.29. The Morgan fingerprint density at radius 2 is 2.21 bits per heavy atom. The van der Waals surface area contributed by atoms with E-state index in [-0.39, 0.29) is 0 Å². The summed E-state index contributed by atoms with van der Waals surface area (Å²) in [5.41, 5.74) is 1.08. The number of likely N-dealkylation sites (tertiary alicyclic amines) is 1. The Balaban J connectivity index is 1.42. The smallest absolute Gasteiger partial charge is 0.222 e. The molecule has 1 saturated carbocycles. The number of guanidine groups is 1. The zero-order valence-corrected chi connectivity index (χ0v) is 17.7. The molecule has 0 aromatic carbocycles. The number of carbonyl (C=O) groups excluding carboxylic acids is 1. The number of rotatable bonds is 10. The molecule has 7 heteroatoms. The molecule has 2 N–H and O–H groups in total. The van der Waals surface area contributed by atoms with Crippen molar-refractivity contribution < 1.29 is 9.53 Å². The van der Waals surface area contributed by atoms with Gasteiger partial charge in [-0.25, -0.2) is 9.98 Å². The number of hydrogen-bond donors (Lipinski definition) is 2. The van der Waals surface area contributed by atoms with E-state index >= 15 is 0 Å². The zero-order chi connectivity index (χ0) is 20.3.